The fourth-order valence-electron chi connectivity index (χ4n) is 3.84. The van der Waals surface area contributed by atoms with E-state index in [1.165, 1.54) is 24.5 Å². The zero-order valence-electron chi connectivity index (χ0n) is 19.3. The number of para-hydroxylation sites is 1. The molecule has 33 heavy (non-hydrogen) atoms. The van der Waals surface area contributed by atoms with E-state index in [2.05, 4.69) is 5.32 Å². The summed E-state index contributed by atoms with van der Waals surface area (Å²) in [4.78, 5) is 31.7. The molecule has 1 fully saturated rings. The van der Waals surface area contributed by atoms with E-state index >= 15 is 0 Å². The minimum atomic E-state index is -0.517. The number of thiocarbonyl (C=S) groups is 1. The van der Waals surface area contributed by atoms with Crippen LogP contribution in [0.15, 0.2) is 24.3 Å². The van der Waals surface area contributed by atoms with E-state index in [-0.39, 0.29) is 11.7 Å². The number of hydrogen-bond donors (Lipinski definition) is 1. The monoisotopic (exact) mass is 492 g/mol. The summed E-state index contributed by atoms with van der Waals surface area (Å²) < 4.78 is 19.1. The fraction of sp³-hybridized carbons (Fsp3) is 0.435. The van der Waals surface area contributed by atoms with Crippen molar-refractivity contribution in [1.82, 2.24) is 9.80 Å². The van der Waals surface area contributed by atoms with Crippen LogP contribution in [0.1, 0.15) is 39.4 Å². The Morgan fingerprint density at radius 3 is 2.39 bits per heavy atom. The molecule has 178 valence electrons. The van der Waals surface area contributed by atoms with E-state index in [9.17, 15) is 14.0 Å². The highest BCUT2D eigenvalue weighted by Gasteiger charge is 2.29. The summed E-state index contributed by atoms with van der Waals surface area (Å²) >= 11 is 6.83. The maximum atomic E-state index is 14.1. The molecule has 0 unspecified atom stereocenters. The topological polar surface area (TPSA) is 65.1 Å². The quantitative estimate of drug-likeness (QED) is 0.483. The van der Waals surface area contributed by atoms with Gasteiger partial charge < -0.3 is 24.8 Å². The second kappa shape index (κ2) is 10.9. The number of anilines is 2. The van der Waals surface area contributed by atoms with E-state index in [0.29, 0.717) is 71.1 Å². The number of methoxy groups -OCH3 is 1. The van der Waals surface area contributed by atoms with Crippen molar-refractivity contribution >= 4 is 51.2 Å². The maximum Gasteiger partial charge on any atom is 0.341 e. The molecule has 0 atom stereocenters. The number of piperazine rings is 1. The van der Waals surface area contributed by atoms with Crippen LogP contribution < -0.4 is 10.2 Å². The SMILES string of the molecule is CCN(CC)C(=O)c1sc(NC(=S)N2CCN(c3ccccc3F)CC2)c(C(=O)OC)c1C. The summed E-state index contributed by atoms with van der Waals surface area (Å²) in [7, 11) is 1.31. The smallest absolute Gasteiger partial charge is 0.341 e. The van der Waals surface area contributed by atoms with Crippen molar-refractivity contribution in [2.24, 2.45) is 0 Å². The van der Waals surface area contributed by atoms with Gasteiger partial charge in [0.25, 0.3) is 5.91 Å². The highest BCUT2D eigenvalue weighted by Crippen LogP contribution is 2.35. The minimum absolute atomic E-state index is 0.120. The molecule has 0 radical (unpaired) electrons. The average molecular weight is 493 g/mol. The Morgan fingerprint density at radius 2 is 1.82 bits per heavy atom. The Kier molecular flexibility index (Phi) is 8.25. The van der Waals surface area contributed by atoms with Crippen LogP contribution in [0.2, 0.25) is 0 Å². The van der Waals surface area contributed by atoms with Gasteiger partial charge in [-0.05, 0) is 50.7 Å². The molecule has 0 bridgehead atoms. The number of nitrogens with one attached hydrogen (secondary N) is 1. The van der Waals surface area contributed by atoms with E-state index in [0.717, 1.165) is 0 Å². The number of carbonyl (C=O) groups is 2. The molecule has 2 aromatic rings. The van der Waals surface area contributed by atoms with Gasteiger partial charge in [0.1, 0.15) is 10.8 Å². The molecule has 1 aromatic carbocycles. The molecule has 0 aliphatic carbocycles. The van der Waals surface area contributed by atoms with Gasteiger partial charge in [-0.3, -0.25) is 4.79 Å². The molecule has 1 aliphatic heterocycles. The van der Waals surface area contributed by atoms with Crippen LogP contribution in [0.4, 0.5) is 15.1 Å². The lowest BCUT2D eigenvalue weighted by Gasteiger charge is -2.37. The second-order valence-electron chi connectivity index (χ2n) is 7.58. The number of benzene rings is 1. The highest BCUT2D eigenvalue weighted by atomic mass is 32.1. The Hall–Kier alpha value is -2.72. The standard InChI is InChI=1S/C23H29FN4O3S2/c1-5-26(6-2)21(29)19-15(3)18(22(30)31-4)20(33-19)25-23(32)28-13-11-27(12-14-28)17-10-8-7-9-16(17)24/h7-10H,5-6,11-14H2,1-4H3,(H,25,32). The predicted molar refractivity (Wildman–Crippen MR) is 134 cm³/mol. The van der Waals surface area contributed by atoms with Crippen molar-refractivity contribution in [3.63, 3.8) is 0 Å². The van der Waals surface area contributed by atoms with Crippen LogP contribution in [0, 0.1) is 12.7 Å². The van der Waals surface area contributed by atoms with Crippen molar-refractivity contribution in [3.8, 4) is 0 Å². The number of nitrogens with zero attached hydrogens (tertiary/aromatic N) is 3. The molecule has 0 saturated carbocycles. The summed E-state index contributed by atoms with van der Waals surface area (Å²) in [5, 5.41) is 4.12. The largest absolute Gasteiger partial charge is 0.465 e. The first-order valence-electron chi connectivity index (χ1n) is 10.9. The molecule has 2 heterocycles. The highest BCUT2D eigenvalue weighted by molar-refractivity contribution is 7.80. The lowest BCUT2D eigenvalue weighted by molar-refractivity contribution is 0.0601. The number of amides is 1. The van der Waals surface area contributed by atoms with Crippen LogP contribution in [-0.4, -0.2) is 73.2 Å². The van der Waals surface area contributed by atoms with Gasteiger partial charge in [0, 0.05) is 39.3 Å². The third kappa shape index (κ3) is 5.27. The molecule has 10 heteroatoms. The molecule has 1 aromatic heterocycles. The summed E-state index contributed by atoms with van der Waals surface area (Å²) in [6, 6.07) is 6.72. The van der Waals surface area contributed by atoms with Gasteiger partial charge in [0.05, 0.1) is 23.2 Å². The number of esters is 1. The van der Waals surface area contributed by atoms with Gasteiger partial charge in [-0.1, -0.05) is 12.1 Å². The Bertz CT molecular complexity index is 1030. The molecule has 3 rings (SSSR count). The van der Waals surface area contributed by atoms with Crippen LogP contribution in [0.3, 0.4) is 0 Å². The first-order valence-corrected chi connectivity index (χ1v) is 12.1. The number of carbonyl (C=O) groups excluding carboxylic acids is 2. The van der Waals surface area contributed by atoms with Crippen LogP contribution in [0.25, 0.3) is 0 Å². The van der Waals surface area contributed by atoms with Crippen molar-refractivity contribution in [3.05, 3.63) is 46.1 Å². The predicted octanol–water partition coefficient (Wildman–Crippen LogP) is 3.98. The van der Waals surface area contributed by atoms with Gasteiger partial charge in [-0.2, -0.15) is 0 Å². The summed E-state index contributed by atoms with van der Waals surface area (Å²) in [6.07, 6.45) is 0. The van der Waals surface area contributed by atoms with Crippen LogP contribution in [-0.2, 0) is 4.74 Å². The molecule has 1 N–H and O–H groups in total. The molecule has 1 amide bonds. The van der Waals surface area contributed by atoms with Crippen LogP contribution >= 0.6 is 23.6 Å². The molecule has 1 aliphatic rings. The average Bonchev–Trinajstić information content (AvgIpc) is 3.15. The first-order chi connectivity index (χ1) is 15.8. The number of ether oxygens (including phenoxy) is 1. The maximum absolute atomic E-state index is 14.1. The normalized spacial score (nSPS) is 13.6. The first kappa shape index (κ1) is 24.9. The Labute approximate surface area is 203 Å². The Morgan fingerprint density at radius 1 is 1.18 bits per heavy atom. The van der Waals surface area contributed by atoms with Gasteiger partial charge >= 0.3 is 5.97 Å². The number of thiophene rings is 1. The van der Waals surface area contributed by atoms with Crippen molar-refractivity contribution < 1.29 is 18.7 Å². The lowest BCUT2D eigenvalue weighted by Crippen LogP contribution is -2.50. The van der Waals surface area contributed by atoms with Gasteiger partial charge in [-0.25, -0.2) is 9.18 Å². The van der Waals surface area contributed by atoms with Gasteiger partial charge in [0.15, 0.2) is 5.11 Å². The van der Waals surface area contributed by atoms with Crippen LogP contribution in [0.5, 0.6) is 0 Å². The minimum Gasteiger partial charge on any atom is -0.465 e. The van der Waals surface area contributed by atoms with Crippen molar-refractivity contribution in [2.45, 2.75) is 20.8 Å². The van der Waals surface area contributed by atoms with Crippen molar-refractivity contribution in [2.75, 3.05) is 56.6 Å². The zero-order chi connectivity index (χ0) is 24.1. The lowest BCUT2D eigenvalue weighted by atomic mass is 10.1. The second-order valence-corrected chi connectivity index (χ2v) is 8.99. The molecule has 7 nitrogen and oxygen atoms in total. The fourth-order valence-corrected chi connectivity index (χ4v) is 5.35. The summed E-state index contributed by atoms with van der Waals surface area (Å²) in [5.41, 5.74) is 1.49. The molecule has 1 saturated heterocycles. The van der Waals surface area contributed by atoms with Crippen molar-refractivity contribution in [1.29, 1.82) is 0 Å². The summed E-state index contributed by atoms with van der Waals surface area (Å²) in [6.45, 7) is 9.17. The molecular formula is C23H29FN4O3S2. The van der Waals surface area contributed by atoms with Gasteiger partial charge in [-0.15, -0.1) is 11.3 Å². The molecule has 0 spiro atoms. The van der Waals surface area contributed by atoms with Gasteiger partial charge in [0.2, 0.25) is 0 Å². The van der Waals surface area contributed by atoms with E-state index in [1.807, 2.05) is 29.7 Å². The zero-order valence-corrected chi connectivity index (χ0v) is 20.9. The van der Waals surface area contributed by atoms with E-state index in [1.54, 1.807) is 24.0 Å². The number of halogens is 1. The number of rotatable bonds is 6. The third-order valence-corrected chi connectivity index (χ3v) is 7.32. The third-order valence-electron chi connectivity index (χ3n) is 5.76. The van der Waals surface area contributed by atoms with E-state index in [4.69, 9.17) is 17.0 Å². The Balaban J connectivity index is 1.76. The summed E-state index contributed by atoms with van der Waals surface area (Å²) in [5.74, 6) is -0.879. The number of hydrogen-bond acceptors (Lipinski definition) is 6. The van der Waals surface area contributed by atoms with E-state index < -0.39 is 5.97 Å². The molecular weight excluding hydrogens is 463 g/mol.